The van der Waals surface area contributed by atoms with Gasteiger partial charge in [-0.15, -0.1) is 12.4 Å². The molecule has 1 amide bonds. The summed E-state index contributed by atoms with van der Waals surface area (Å²) in [5.41, 5.74) is 6.76. The normalized spacial score (nSPS) is 31.9. The fourth-order valence-corrected chi connectivity index (χ4v) is 3.48. The molecule has 2 bridgehead atoms. The molecule has 4 unspecified atom stereocenters. The Morgan fingerprint density at radius 3 is 2.42 bits per heavy atom. The van der Waals surface area contributed by atoms with E-state index in [9.17, 15) is 9.18 Å². The molecule has 0 aliphatic heterocycles. The van der Waals surface area contributed by atoms with Crippen molar-refractivity contribution in [2.75, 3.05) is 5.32 Å². The Kier molecular flexibility index (Phi) is 4.11. The molecule has 2 aliphatic carbocycles. The van der Waals surface area contributed by atoms with Crippen molar-refractivity contribution in [2.45, 2.75) is 25.3 Å². The van der Waals surface area contributed by atoms with E-state index in [1.165, 1.54) is 12.1 Å². The van der Waals surface area contributed by atoms with E-state index < -0.39 is 0 Å². The first kappa shape index (κ1) is 14.3. The lowest BCUT2D eigenvalue weighted by molar-refractivity contribution is -0.121. The Morgan fingerprint density at radius 2 is 1.84 bits per heavy atom. The van der Waals surface area contributed by atoms with Crippen LogP contribution in [0.4, 0.5) is 10.1 Å². The summed E-state index contributed by atoms with van der Waals surface area (Å²) in [4.78, 5) is 12.2. The maximum atomic E-state index is 12.8. The number of hydrogen-bond acceptors (Lipinski definition) is 2. The number of hydrogen-bond donors (Lipinski definition) is 2. The van der Waals surface area contributed by atoms with Crippen molar-refractivity contribution >= 4 is 24.0 Å². The minimum absolute atomic E-state index is 0. The average molecular weight is 285 g/mol. The number of rotatable bonds is 2. The topological polar surface area (TPSA) is 55.1 Å². The number of halogens is 2. The molecule has 0 aromatic heterocycles. The molecule has 3 N–H and O–H groups in total. The van der Waals surface area contributed by atoms with Crippen molar-refractivity contribution in [1.29, 1.82) is 0 Å². The predicted octanol–water partition coefficient (Wildman–Crippen LogP) is 2.56. The number of carbonyl (C=O) groups excluding carboxylic acids is 1. The molecular formula is C14H18ClFN2O. The molecule has 0 heterocycles. The third-order valence-electron chi connectivity index (χ3n) is 4.40. The SMILES string of the molecule is Cl.NC1C2CCC(C2)C1C(=O)Nc1ccc(F)cc1. The van der Waals surface area contributed by atoms with Gasteiger partial charge in [-0.2, -0.15) is 0 Å². The van der Waals surface area contributed by atoms with Gasteiger partial charge in [-0.1, -0.05) is 0 Å². The van der Waals surface area contributed by atoms with Gasteiger partial charge < -0.3 is 11.1 Å². The van der Waals surface area contributed by atoms with Crippen LogP contribution in [0.1, 0.15) is 19.3 Å². The molecule has 1 aromatic carbocycles. The summed E-state index contributed by atoms with van der Waals surface area (Å²) in [6.07, 6.45) is 3.36. The van der Waals surface area contributed by atoms with Crippen LogP contribution in [0.5, 0.6) is 0 Å². The van der Waals surface area contributed by atoms with Crippen LogP contribution in [0.3, 0.4) is 0 Å². The van der Waals surface area contributed by atoms with Gasteiger partial charge in [0.15, 0.2) is 0 Å². The predicted molar refractivity (Wildman–Crippen MR) is 74.6 cm³/mol. The zero-order valence-corrected chi connectivity index (χ0v) is 11.3. The van der Waals surface area contributed by atoms with Gasteiger partial charge in [0.1, 0.15) is 5.82 Å². The molecule has 104 valence electrons. The van der Waals surface area contributed by atoms with Gasteiger partial charge in [-0.05, 0) is 55.4 Å². The van der Waals surface area contributed by atoms with E-state index >= 15 is 0 Å². The molecule has 4 atom stereocenters. The lowest BCUT2D eigenvalue weighted by Crippen LogP contribution is -2.42. The van der Waals surface area contributed by atoms with Gasteiger partial charge in [0.05, 0.1) is 5.92 Å². The number of benzene rings is 1. The highest BCUT2D eigenvalue weighted by Crippen LogP contribution is 2.47. The number of carbonyl (C=O) groups is 1. The first-order chi connectivity index (χ1) is 8.65. The van der Waals surface area contributed by atoms with E-state index in [1.807, 2.05) is 0 Å². The van der Waals surface area contributed by atoms with E-state index in [1.54, 1.807) is 12.1 Å². The van der Waals surface area contributed by atoms with E-state index in [-0.39, 0.29) is 36.1 Å². The Bertz CT molecular complexity index is 463. The van der Waals surface area contributed by atoms with E-state index in [0.29, 0.717) is 17.5 Å². The fourth-order valence-electron chi connectivity index (χ4n) is 3.48. The summed E-state index contributed by atoms with van der Waals surface area (Å²) < 4.78 is 12.8. The molecule has 3 nitrogen and oxygen atoms in total. The molecule has 0 spiro atoms. The van der Waals surface area contributed by atoms with Crippen molar-refractivity contribution < 1.29 is 9.18 Å². The minimum atomic E-state index is -0.301. The quantitative estimate of drug-likeness (QED) is 0.877. The summed E-state index contributed by atoms with van der Waals surface area (Å²) in [7, 11) is 0. The van der Waals surface area contributed by atoms with Gasteiger partial charge >= 0.3 is 0 Å². The van der Waals surface area contributed by atoms with Crippen LogP contribution >= 0.6 is 12.4 Å². The second-order valence-corrected chi connectivity index (χ2v) is 5.43. The summed E-state index contributed by atoms with van der Waals surface area (Å²) in [5, 5.41) is 2.84. The molecule has 2 fully saturated rings. The first-order valence-electron chi connectivity index (χ1n) is 6.47. The van der Waals surface area contributed by atoms with Crippen molar-refractivity contribution in [1.82, 2.24) is 0 Å². The first-order valence-corrected chi connectivity index (χ1v) is 6.47. The van der Waals surface area contributed by atoms with Crippen LogP contribution in [0.15, 0.2) is 24.3 Å². The van der Waals surface area contributed by atoms with Crippen molar-refractivity contribution in [3.05, 3.63) is 30.1 Å². The maximum Gasteiger partial charge on any atom is 0.229 e. The summed E-state index contributed by atoms with van der Waals surface area (Å²) in [6.45, 7) is 0. The Balaban J connectivity index is 0.00000133. The minimum Gasteiger partial charge on any atom is -0.327 e. The van der Waals surface area contributed by atoms with Gasteiger partial charge in [-0.3, -0.25) is 4.79 Å². The second-order valence-electron chi connectivity index (χ2n) is 5.43. The fraction of sp³-hybridized carbons (Fsp3) is 0.500. The van der Waals surface area contributed by atoms with Crippen molar-refractivity contribution in [3.8, 4) is 0 Å². The van der Waals surface area contributed by atoms with Gasteiger partial charge in [0.2, 0.25) is 5.91 Å². The Labute approximate surface area is 118 Å². The Hall–Kier alpha value is -1.13. The zero-order chi connectivity index (χ0) is 12.7. The highest BCUT2D eigenvalue weighted by atomic mass is 35.5. The molecule has 1 aromatic rings. The lowest BCUT2D eigenvalue weighted by atomic mass is 9.84. The average Bonchev–Trinajstić information content (AvgIpc) is 2.92. The summed E-state index contributed by atoms with van der Waals surface area (Å²) in [5.74, 6) is 0.559. The molecule has 2 aliphatic rings. The zero-order valence-electron chi connectivity index (χ0n) is 10.5. The van der Waals surface area contributed by atoms with E-state index in [4.69, 9.17) is 5.73 Å². The summed E-state index contributed by atoms with van der Waals surface area (Å²) in [6, 6.07) is 5.83. The van der Waals surface area contributed by atoms with E-state index in [2.05, 4.69) is 5.32 Å². The molecular weight excluding hydrogens is 267 g/mol. The molecule has 2 saturated carbocycles. The van der Waals surface area contributed by atoms with Crippen LogP contribution in [0.2, 0.25) is 0 Å². The summed E-state index contributed by atoms with van der Waals surface area (Å²) >= 11 is 0. The third-order valence-corrected chi connectivity index (χ3v) is 4.40. The smallest absolute Gasteiger partial charge is 0.229 e. The standard InChI is InChI=1S/C14H17FN2O.ClH/c15-10-3-5-11(6-4-10)17-14(18)12-8-1-2-9(7-8)13(12)16;/h3-6,8-9,12-13H,1-2,7,16H2,(H,17,18);1H. The number of anilines is 1. The molecule has 3 rings (SSSR count). The number of nitrogens with one attached hydrogen (secondary N) is 1. The largest absolute Gasteiger partial charge is 0.327 e. The van der Waals surface area contributed by atoms with Crippen LogP contribution < -0.4 is 11.1 Å². The second kappa shape index (κ2) is 5.47. The number of nitrogens with two attached hydrogens (primary N) is 1. The highest BCUT2D eigenvalue weighted by molar-refractivity contribution is 5.93. The highest BCUT2D eigenvalue weighted by Gasteiger charge is 2.49. The lowest BCUT2D eigenvalue weighted by Gasteiger charge is -2.26. The Morgan fingerprint density at radius 1 is 1.21 bits per heavy atom. The third kappa shape index (κ3) is 2.60. The monoisotopic (exact) mass is 284 g/mol. The molecule has 19 heavy (non-hydrogen) atoms. The number of amides is 1. The van der Waals surface area contributed by atoms with Crippen LogP contribution in [-0.4, -0.2) is 11.9 Å². The van der Waals surface area contributed by atoms with Crippen LogP contribution in [0, 0.1) is 23.6 Å². The molecule has 0 radical (unpaired) electrons. The van der Waals surface area contributed by atoms with Crippen molar-refractivity contribution in [2.24, 2.45) is 23.5 Å². The van der Waals surface area contributed by atoms with Crippen molar-refractivity contribution in [3.63, 3.8) is 0 Å². The maximum absolute atomic E-state index is 12.8. The van der Waals surface area contributed by atoms with Gasteiger partial charge in [-0.25, -0.2) is 4.39 Å². The molecule has 0 saturated heterocycles. The van der Waals surface area contributed by atoms with Gasteiger partial charge in [0, 0.05) is 11.7 Å². The van der Waals surface area contributed by atoms with Crippen LogP contribution in [0.25, 0.3) is 0 Å². The molecule has 5 heteroatoms. The van der Waals surface area contributed by atoms with E-state index in [0.717, 1.165) is 19.3 Å². The van der Waals surface area contributed by atoms with Gasteiger partial charge in [0.25, 0.3) is 0 Å². The number of fused-ring (bicyclic) bond motifs is 2. The van der Waals surface area contributed by atoms with Crippen LogP contribution in [-0.2, 0) is 4.79 Å².